The molecule has 1 saturated carbocycles. The van der Waals surface area contributed by atoms with Crippen molar-refractivity contribution < 1.29 is 9.90 Å². The van der Waals surface area contributed by atoms with Gasteiger partial charge in [-0.15, -0.1) is 0 Å². The number of rotatable bonds is 6. The van der Waals surface area contributed by atoms with E-state index in [9.17, 15) is 4.79 Å². The van der Waals surface area contributed by atoms with Crippen LogP contribution >= 0.6 is 15.9 Å². The van der Waals surface area contributed by atoms with Crippen LogP contribution < -0.4 is 5.32 Å². The van der Waals surface area contributed by atoms with Crippen molar-refractivity contribution in [2.45, 2.75) is 12.8 Å². The van der Waals surface area contributed by atoms with Crippen molar-refractivity contribution in [3.63, 3.8) is 0 Å². The monoisotopic (exact) mass is 297 g/mol. The van der Waals surface area contributed by atoms with Gasteiger partial charge in [-0.3, -0.25) is 4.79 Å². The standard InChI is InChI=1S/C13H16BrNO2/c14-11-3-1-2-9(6-11)4-5-15-8-10-7-12(10)13(16)17/h1-3,6,10,12,15H,4-5,7-8H2,(H,16,17). The number of carboxylic acid groups (broad SMARTS) is 1. The second-order valence-electron chi connectivity index (χ2n) is 4.52. The van der Waals surface area contributed by atoms with E-state index in [2.05, 4.69) is 33.4 Å². The van der Waals surface area contributed by atoms with Crippen molar-refractivity contribution in [2.24, 2.45) is 11.8 Å². The van der Waals surface area contributed by atoms with Crippen LogP contribution in [0.3, 0.4) is 0 Å². The van der Waals surface area contributed by atoms with Crippen LogP contribution in [-0.2, 0) is 11.2 Å². The van der Waals surface area contributed by atoms with Crippen molar-refractivity contribution in [3.8, 4) is 0 Å². The summed E-state index contributed by atoms with van der Waals surface area (Å²) in [5, 5.41) is 12.1. The Morgan fingerprint density at radius 1 is 1.53 bits per heavy atom. The van der Waals surface area contributed by atoms with Gasteiger partial charge in [0.25, 0.3) is 0 Å². The Morgan fingerprint density at radius 2 is 2.35 bits per heavy atom. The SMILES string of the molecule is O=C(O)C1CC1CNCCc1cccc(Br)c1. The van der Waals surface area contributed by atoms with E-state index in [-0.39, 0.29) is 5.92 Å². The summed E-state index contributed by atoms with van der Waals surface area (Å²) in [6.45, 7) is 1.73. The maximum absolute atomic E-state index is 10.6. The number of aliphatic carboxylic acids is 1. The fourth-order valence-electron chi connectivity index (χ4n) is 1.99. The summed E-state index contributed by atoms with van der Waals surface area (Å²) >= 11 is 3.44. The summed E-state index contributed by atoms with van der Waals surface area (Å²) < 4.78 is 1.10. The van der Waals surface area contributed by atoms with Crippen molar-refractivity contribution in [1.29, 1.82) is 0 Å². The molecule has 2 N–H and O–H groups in total. The molecule has 17 heavy (non-hydrogen) atoms. The average molecular weight is 298 g/mol. The molecule has 0 radical (unpaired) electrons. The Morgan fingerprint density at radius 3 is 3.00 bits per heavy atom. The van der Waals surface area contributed by atoms with Gasteiger partial charge in [-0.1, -0.05) is 28.1 Å². The molecule has 4 heteroatoms. The van der Waals surface area contributed by atoms with Gasteiger partial charge in [-0.25, -0.2) is 0 Å². The summed E-state index contributed by atoms with van der Waals surface area (Å²) in [5.41, 5.74) is 1.29. The smallest absolute Gasteiger partial charge is 0.306 e. The number of carbonyl (C=O) groups is 1. The summed E-state index contributed by atoms with van der Waals surface area (Å²) in [4.78, 5) is 10.6. The van der Waals surface area contributed by atoms with Gasteiger partial charge in [-0.2, -0.15) is 0 Å². The fourth-order valence-corrected chi connectivity index (χ4v) is 2.43. The number of halogens is 1. The normalized spacial score (nSPS) is 22.4. The minimum atomic E-state index is -0.649. The third-order valence-corrected chi connectivity index (χ3v) is 3.62. The number of hydrogen-bond donors (Lipinski definition) is 2. The van der Waals surface area contributed by atoms with Gasteiger partial charge in [0, 0.05) is 4.47 Å². The van der Waals surface area contributed by atoms with Gasteiger partial charge in [0.1, 0.15) is 0 Å². The highest BCUT2D eigenvalue weighted by molar-refractivity contribution is 9.10. The zero-order valence-electron chi connectivity index (χ0n) is 9.53. The molecule has 92 valence electrons. The highest BCUT2D eigenvalue weighted by Crippen LogP contribution is 2.37. The van der Waals surface area contributed by atoms with E-state index in [1.807, 2.05) is 12.1 Å². The molecule has 0 heterocycles. The molecule has 0 spiro atoms. The van der Waals surface area contributed by atoms with Crippen LogP contribution in [0.1, 0.15) is 12.0 Å². The van der Waals surface area contributed by atoms with E-state index in [1.54, 1.807) is 0 Å². The molecule has 1 aliphatic carbocycles. The highest BCUT2D eigenvalue weighted by atomic mass is 79.9. The van der Waals surface area contributed by atoms with E-state index >= 15 is 0 Å². The van der Waals surface area contributed by atoms with Gasteiger partial charge in [-0.05, 0) is 49.5 Å². The molecule has 3 nitrogen and oxygen atoms in total. The van der Waals surface area contributed by atoms with Crippen molar-refractivity contribution in [2.75, 3.05) is 13.1 Å². The summed E-state index contributed by atoms with van der Waals surface area (Å²) in [7, 11) is 0. The molecule has 1 aromatic rings. The number of hydrogen-bond acceptors (Lipinski definition) is 2. The van der Waals surface area contributed by atoms with Crippen LogP contribution in [0.5, 0.6) is 0 Å². The zero-order valence-corrected chi connectivity index (χ0v) is 11.1. The predicted octanol–water partition coefficient (Wildman–Crippen LogP) is 2.30. The van der Waals surface area contributed by atoms with Gasteiger partial charge in [0.05, 0.1) is 5.92 Å². The predicted molar refractivity (Wildman–Crippen MR) is 69.9 cm³/mol. The van der Waals surface area contributed by atoms with E-state index in [0.717, 1.165) is 30.4 Å². The largest absolute Gasteiger partial charge is 0.481 e. The topological polar surface area (TPSA) is 49.3 Å². The van der Waals surface area contributed by atoms with Crippen molar-refractivity contribution in [1.82, 2.24) is 5.32 Å². The Balaban J connectivity index is 1.63. The highest BCUT2D eigenvalue weighted by Gasteiger charge is 2.42. The van der Waals surface area contributed by atoms with Crippen LogP contribution in [0.15, 0.2) is 28.7 Å². The third kappa shape index (κ3) is 3.82. The Hall–Kier alpha value is -0.870. The molecule has 0 saturated heterocycles. The summed E-state index contributed by atoms with van der Waals surface area (Å²) in [6.07, 6.45) is 1.81. The zero-order chi connectivity index (χ0) is 12.3. The Labute approximate surface area is 109 Å². The van der Waals surface area contributed by atoms with E-state index in [4.69, 9.17) is 5.11 Å². The van der Waals surface area contributed by atoms with Crippen LogP contribution in [-0.4, -0.2) is 24.2 Å². The first-order valence-corrected chi connectivity index (χ1v) is 6.64. The summed E-state index contributed by atoms with van der Waals surface area (Å²) in [5.74, 6) is -0.410. The maximum atomic E-state index is 10.6. The molecular formula is C13H16BrNO2. The molecule has 0 bridgehead atoms. The first-order valence-electron chi connectivity index (χ1n) is 5.85. The van der Waals surface area contributed by atoms with Crippen molar-refractivity contribution in [3.05, 3.63) is 34.3 Å². The third-order valence-electron chi connectivity index (χ3n) is 3.13. The lowest BCUT2D eigenvalue weighted by Crippen LogP contribution is -2.21. The molecular weight excluding hydrogens is 282 g/mol. The molecule has 2 unspecified atom stereocenters. The number of benzene rings is 1. The van der Waals surface area contributed by atoms with E-state index in [0.29, 0.717) is 5.92 Å². The molecule has 1 aliphatic rings. The molecule has 0 aromatic heterocycles. The average Bonchev–Trinajstić information content (AvgIpc) is 3.04. The molecule has 0 amide bonds. The molecule has 2 atom stereocenters. The lowest BCUT2D eigenvalue weighted by molar-refractivity contribution is -0.138. The Kier molecular flexibility index (Phi) is 4.18. The fraction of sp³-hybridized carbons (Fsp3) is 0.462. The maximum Gasteiger partial charge on any atom is 0.306 e. The minimum absolute atomic E-state index is 0.103. The van der Waals surface area contributed by atoms with Crippen LogP contribution in [0.4, 0.5) is 0 Å². The minimum Gasteiger partial charge on any atom is -0.481 e. The van der Waals surface area contributed by atoms with Crippen molar-refractivity contribution >= 4 is 21.9 Å². The van der Waals surface area contributed by atoms with Crippen LogP contribution in [0.2, 0.25) is 0 Å². The number of nitrogens with one attached hydrogen (secondary N) is 1. The van der Waals surface area contributed by atoms with Gasteiger partial charge in [0.15, 0.2) is 0 Å². The lowest BCUT2D eigenvalue weighted by Gasteiger charge is -2.04. The second-order valence-corrected chi connectivity index (χ2v) is 5.44. The number of carboxylic acids is 1. The lowest BCUT2D eigenvalue weighted by atomic mass is 10.1. The van der Waals surface area contributed by atoms with Gasteiger partial charge in [0.2, 0.25) is 0 Å². The molecule has 0 aliphatic heterocycles. The molecule has 1 aromatic carbocycles. The Bertz CT molecular complexity index is 408. The van der Waals surface area contributed by atoms with Crippen LogP contribution in [0.25, 0.3) is 0 Å². The van der Waals surface area contributed by atoms with E-state index < -0.39 is 5.97 Å². The summed E-state index contributed by atoms with van der Waals surface area (Å²) in [6, 6.07) is 8.25. The quantitative estimate of drug-likeness (QED) is 0.792. The second kappa shape index (κ2) is 5.65. The first-order chi connectivity index (χ1) is 8.16. The molecule has 2 rings (SSSR count). The molecule has 1 fully saturated rings. The first kappa shape index (κ1) is 12.6. The van der Waals surface area contributed by atoms with E-state index in [1.165, 1.54) is 5.56 Å². The van der Waals surface area contributed by atoms with Gasteiger partial charge >= 0.3 is 5.97 Å². The van der Waals surface area contributed by atoms with Crippen LogP contribution in [0, 0.1) is 11.8 Å². The van der Waals surface area contributed by atoms with Gasteiger partial charge < -0.3 is 10.4 Å².